The predicted molar refractivity (Wildman–Crippen MR) is 87.9 cm³/mol. The van der Waals surface area contributed by atoms with Crippen molar-refractivity contribution in [3.8, 4) is 0 Å². The van der Waals surface area contributed by atoms with Crippen molar-refractivity contribution >= 4 is 17.4 Å². The predicted octanol–water partition coefficient (Wildman–Crippen LogP) is 4.60. The molecule has 21 heavy (non-hydrogen) atoms. The van der Waals surface area contributed by atoms with Crippen LogP contribution in [0, 0.1) is 0 Å². The molecule has 110 valence electrons. The second kappa shape index (κ2) is 6.88. The van der Waals surface area contributed by atoms with Gasteiger partial charge in [-0.1, -0.05) is 54.1 Å². The lowest BCUT2D eigenvalue weighted by Gasteiger charge is -2.30. The molecule has 0 saturated carbocycles. The summed E-state index contributed by atoms with van der Waals surface area (Å²) in [6.45, 7) is 4.02. The Bertz CT molecular complexity index is 612. The number of likely N-dealkylation sites (N-methyl/N-ethyl adjacent to an activating group) is 1. The molecule has 0 fully saturated rings. The maximum absolute atomic E-state index is 12.5. The van der Waals surface area contributed by atoms with Gasteiger partial charge < -0.3 is 0 Å². The largest absolute Gasteiger partial charge is 0.292 e. The summed E-state index contributed by atoms with van der Waals surface area (Å²) in [5, 5.41) is 0.717. The van der Waals surface area contributed by atoms with Gasteiger partial charge in [0.25, 0.3) is 0 Å². The molecule has 2 aromatic rings. The van der Waals surface area contributed by atoms with Crippen LogP contribution in [-0.4, -0.2) is 23.8 Å². The fraction of sp³-hybridized carbons (Fsp3) is 0.278. The highest BCUT2D eigenvalue weighted by Crippen LogP contribution is 2.24. The Morgan fingerprint density at radius 3 is 2.33 bits per heavy atom. The summed E-state index contributed by atoms with van der Waals surface area (Å²) >= 11 is 6.05. The van der Waals surface area contributed by atoms with Gasteiger partial charge in [-0.15, -0.1) is 0 Å². The lowest BCUT2D eigenvalue weighted by Crippen LogP contribution is -2.37. The molecule has 0 heterocycles. The molecule has 2 unspecified atom stereocenters. The van der Waals surface area contributed by atoms with Gasteiger partial charge in [-0.2, -0.15) is 0 Å². The molecule has 0 bridgehead atoms. The minimum Gasteiger partial charge on any atom is -0.292 e. The van der Waals surface area contributed by atoms with Crippen LogP contribution < -0.4 is 0 Å². The van der Waals surface area contributed by atoms with Crippen LogP contribution in [0.25, 0.3) is 0 Å². The molecule has 2 rings (SSSR count). The van der Waals surface area contributed by atoms with Crippen LogP contribution in [0.4, 0.5) is 0 Å². The second-order valence-corrected chi connectivity index (χ2v) is 5.74. The first-order chi connectivity index (χ1) is 10.0. The van der Waals surface area contributed by atoms with Crippen LogP contribution in [0.2, 0.25) is 5.02 Å². The number of halogens is 1. The summed E-state index contributed by atoms with van der Waals surface area (Å²) in [6, 6.07) is 17.1. The Hall–Kier alpha value is -1.64. The van der Waals surface area contributed by atoms with E-state index in [1.807, 2.05) is 68.6 Å². The minimum atomic E-state index is -0.193. The van der Waals surface area contributed by atoms with Crippen molar-refractivity contribution in [3.05, 3.63) is 70.7 Å². The van der Waals surface area contributed by atoms with E-state index in [1.54, 1.807) is 0 Å². The van der Waals surface area contributed by atoms with Gasteiger partial charge in [-0.05, 0) is 38.6 Å². The molecule has 2 atom stereocenters. The maximum atomic E-state index is 12.5. The topological polar surface area (TPSA) is 20.3 Å². The quantitative estimate of drug-likeness (QED) is 0.752. The van der Waals surface area contributed by atoms with Crippen molar-refractivity contribution in [1.29, 1.82) is 0 Å². The number of carbonyl (C=O) groups is 1. The fourth-order valence-electron chi connectivity index (χ4n) is 2.37. The number of rotatable bonds is 5. The van der Waals surface area contributed by atoms with Crippen molar-refractivity contribution in [3.63, 3.8) is 0 Å². The van der Waals surface area contributed by atoms with Crippen molar-refractivity contribution in [2.75, 3.05) is 7.05 Å². The van der Waals surface area contributed by atoms with Gasteiger partial charge in [0.15, 0.2) is 5.78 Å². The molecule has 0 radical (unpaired) electrons. The third-order valence-corrected chi connectivity index (χ3v) is 4.23. The summed E-state index contributed by atoms with van der Waals surface area (Å²) in [5.74, 6) is 0.131. The van der Waals surface area contributed by atoms with E-state index in [0.717, 1.165) is 16.1 Å². The Labute approximate surface area is 131 Å². The highest BCUT2D eigenvalue weighted by molar-refractivity contribution is 6.30. The van der Waals surface area contributed by atoms with Gasteiger partial charge in [0, 0.05) is 16.6 Å². The zero-order valence-corrected chi connectivity index (χ0v) is 13.3. The Morgan fingerprint density at radius 2 is 1.71 bits per heavy atom. The molecule has 0 aliphatic heterocycles. The molecule has 2 aromatic carbocycles. The molecule has 0 aliphatic carbocycles. The maximum Gasteiger partial charge on any atom is 0.179 e. The third-order valence-electron chi connectivity index (χ3n) is 3.99. The van der Waals surface area contributed by atoms with E-state index in [-0.39, 0.29) is 17.9 Å². The number of ketones is 1. The Morgan fingerprint density at radius 1 is 1.05 bits per heavy atom. The number of hydrogen-bond donors (Lipinski definition) is 0. The average Bonchev–Trinajstić information content (AvgIpc) is 2.53. The molecule has 0 spiro atoms. The number of Topliss-reactive ketones (excluding diaryl/α,β-unsaturated/α-hetero) is 1. The molecule has 3 heteroatoms. The second-order valence-electron chi connectivity index (χ2n) is 5.30. The lowest BCUT2D eigenvalue weighted by molar-refractivity contribution is 0.0826. The van der Waals surface area contributed by atoms with E-state index in [4.69, 9.17) is 11.6 Å². The third kappa shape index (κ3) is 3.72. The first-order valence-electron chi connectivity index (χ1n) is 7.07. The summed E-state index contributed by atoms with van der Waals surface area (Å²) in [5.41, 5.74) is 1.85. The van der Waals surface area contributed by atoms with Crippen LogP contribution in [0.5, 0.6) is 0 Å². The fourth-order valence-corrected chi connectivity index (χ4v) is 2.56. The van der Waals surface area contributed by atoms with Crippen LogP contribution >= 0.6 is 11.6 Å². The number of nitrogens with zero attached hydrogens (tertiary/aromatic N) is 1. The lowest BCUT2D eigenvalue weighted by atomic mass is 10.0. The first kappa shape index (κ1) is 15.7. The molecule has 2 nitrogen and oxygen atoms in total. The van der Waals surface area contributed by atoms with Gasteiger partial charge in [0.2, 0.25) is 0 Å². The average molecular weight is 302 g/mol. The van der Waals surface area contributed by atoms with E-state index < -0.39 is 0 Å². The first-order valence-corrected chi connectivity index (χ1v) is 7.45. The van der Waals surface area contributed by atoms with E-state index in [2.05, 4.69) is 11.8 Å². The monoisotopic (exact) mass is 301 g/mol. The zero-order chi connectivity index (χ0) is 15.4. The van der Waals surface area contributed by atoms with E-state index in [9.17, 15) is 4.79 Å². The zero-order valence-electron chi connectivity index (χ0n) is 12.6. The Balaban J connectivity index is 2.15. The van der Waals surface area contributed by atoms with Crippen LogP contribution in [0.3, 0.4) is 0 Å². The standard InChI is InChI=1S/C18H20ClNO/c1-13(16-10-7-11-17(19)12-16)20(3)14(2)18(21)15-8-5-4-6-9-15/h4-14H,1-3H3. The summed E-state index contributed by atoms with van der Waals surface area (Å²) < 4.78 is 0. The number of carbonyl (C=O) groups excluding carboxylic acids is 1. The SMILES string of the molecule is CC(C(=O)c1ccccc1)N(C)C(C)c1cccc(Cl)c1. The van der Waals surface area contributed by atoms with Crippen LogP contribution in [0.15, 0.2) is 54.6 Å². The highest BCUT2D eigenvalue weighted by atomic mass is 35.5. The van der Waals surface area contributed by atoms with E-state index in [0.29, 0.717) is 0 Å². The van der Waals surface area contributed by atoms with Crippen molar-refractivity contribution in [1.82, 2.24) is 4.90 Å². The van der Waals surface area contributed by atoms with E-state index in [1.165, 1.54) is 0 Å². The molecule has 0 aromatic heterocycles. The summed E-state index contributed by atoms with van der Waals surface area (Å²) in [7, 11) is 1.97. The molecule has 0 saturated heterocycles. The van der Waals surface area contributed by atoms with Gasteiger partial charge in [-0.25, -0.2) is 0 Å². The number of benzene rings is 2. The Kier molecular flexibility index (Phi) is 5.16. The normalized spacial score (nSPS) is 14.0. The van der Waals surface area contributed by atoms with E-state index >= 15 is 0 Å². The van der Waals surface area contributed by atoms with Gasteiger partial charge >= 0.3 is 0 Å². The van der Waals surface area contributed by atoms with Crippen LogP contribution in [-0.2, 0) is 0 Å². The highest BCUT2D eigenvalue weighted by Gasteiger charge is 2.24. The molecule has 0 N–H and O–H groups in total. The van der Waals surface area contributed by atoms with Gasteiger partial charge in [0.1, 0.15) is 0 Å². The van der Waals surface area contributed by atoms with Gasteiger partial charge in [0.05, 0.1) is 6.04 Å². The van der Waals surface area contributed by atoms with Crippen molar-refractivity contribution < 1.29 is 4.79 Å². The molecule has 0 aliphatic rings. The smallest absolute Gasteiger partial charge is 0.179 e. The minimum absolute atomic E-state index is 0.117. The van der Waals surface area contributed by atoms with Crippen LogP contribution in [0.1, 0.15) is 35.8 Å². The summed E-state index contributed by atoms with van der Waals surface area (Å²) in [4.78, 5) is 14.6. The molecular formula is C18H20ClNO. The van der Waals surface area contributed by atoms with Crippen molar-refractivity contribution in [2.45, 2.75) is 25.9 Å². The number of hydrogen-bond acceptors (Lipinski definition) is 2. The molecule has 0 amide bonds. The molecular weight excluding hydrogens is 282 g/mol. The van der Waals surface area contributed by atoms with Gasteiger partial charge in [-0.3, -0.25) is 9.69 Å². The summed E-state index contributed by atoms with van der Waals surface area (Å²) in [6.07, 6.45) is 0. The van der Waals surface area contributed by atoms with Crippen molar-refractivity contribution in [2.24, 2.45) is 0 Å².